The van der Waals surface area contributed by atoms with Gasteiger partial charge in [0, 0.05) is 12.5 Å². The molecule has 3 nitrogen and oxygen atoms in total. The van der Waals surface area contributed by atoms with Gasteiger partial charge >= 0.3 is 0 Å². The van der Waals surface area contributed by atoms with Crippen LogP contribution in [0.5, 0.6) is 0 Å². The van der Waals surface area contributed by atoms with Crippen molar-refractivity contribution in [1.82, 2.24) is 4.90 Å². The first-order chi connectivity index (χ1) is 12.9. The Morgan fingerprint density at radius 1 is 0.923 bits per heavy atom. The van der Waals surface area contributed by atoms with Crippen molar-refractivity contribution in [3.05, 3.63) is 71.3 Å². The van der Waals surface area contributed by atoms with Crippen LogP contribution in [0.1, 0.15) is 54.4 Å². The average Bonchev–Trinajstić information content (AvgIpc) is 2.71. The fourth-order valence-electron chi connectivity index (χ4n) is 4.56. The van der Waals surface area contributed by atoms with Gasteiger partial charge in [-0.2, -0.15) is 0 Å². The van der Waals surface area contributed by atoms with Crippen LogP contribution in [0.4, 0.5) is 0 Å². The minimum absolute atomic E-state index is 0.0610. The zero-order valence-electron chi connectivity index (χ0n) is 15.5. The topological polar surface area (TPSA) is 38.5 Å². The molecule has 26 heavy (non-hydrogen) atoms. The zero-order chi connectivity index (χ0) is 17.8. The molecule has 2 aromatic carbocycles. The first-order valence-electron chi connectivity index (χ1n) is 10.1. The van der Waals surface area contributed by atoms with E-state index in [0.29, 0.717) is 12.0 Å². The number of likely N-dealkylation sites (tertiary alicyclic amines) is 1. The number of rotatable bonds is 6. The van der Waals surface area contributed by atoms with E-state index in [2.05, 4.69) is 59.5 Å². The summed E-state index contributed by atoms with van der Waals surface area (Å²) in [5.74, 6) is 0.534. The fraction of sp³-hybridized carbons (Fsp3) is 0.478. The van der Waals surface area contributed by atoms with Crippen LogP contribution in [0.3, 0.4) is 0 Å². The normalized spacial score (nSPS) is 25.5. The summed E-state index contributed by atoms with van der Waals surface area (Å²) in [4.78, 5) is 2.59. The molecule has 3 heteroatoms. The Morgan fingerprint density at radius 3 is 2.50 bits per heavy atom. The van der Waals surface area contributed by atoms with Crippen molar-refractivity contribution in [3.63, 3.8) is 0 Å². The Morgan fingerprint density at radius 2 is 1.69 bits per heavy atom. The molecule has 0 saturated carbocycles. The summed E-state index contributed by atoms with van der Waals surface area (Å²) in [6.45, 7) is 4.20. The third kappa shape index (κ3) is 3.71. The molecule has 4 rings (SSSR count). The molecule has 2 aliphatic heterocycles. The summed E-state index contributed by atoms with van der Waals surface area (Å²) in [5.41, 5.74) is 9.74. The van der Waals surface area contributed by atoms with Crippen LogP contribution in [-0.4, -0.2) is 37.2 Å². The number of hydrogen-bond donors (Lipinski definition) is 1. The van der Waals surface area contributed by atoms with E-state index in [0.717, 1.165) is 19.5 Å². The van der Waals surface area contributed by atoms with Crippen LogP contribution in [-0.2, 0) is 4.74 Å². The minimum atomic E-state index is 0.0610. The van der Waals surface area contributed by atoms with Crippen molar-refractivity contribution in [2.75, 3.05) is 26.2 Å². The molecule has 0 amide bonds. The van der Waals surface area contributed by atoms with Crippen LogP contribution in [0.25, 0.3) is 0 Å². The number of nitrogens with two attached hydrogens (primary N) is 1. The molecule has 2 N–H and O–H groups in total. The molecule has 1 saturated heterocycles. The molecule has 0 aliphatic carbocycles. The molecule has 1 unspecified atom stereocenters. The van der Waals surface area contributed by atoms with Gasteiger partial charge in [0.25, 0.3) is 0 Å². The third-order valence-electron chi connectivity index (χ3n) is 5.91. The lowest BCUT2D eigenvalue weighted by Gasteiger charge is -2.45. The summed E-state index contributed by atoms with van der Waals surface area (Å²) >= 11 is 0. The summed E-state index contributed by atoms with van der Waals surface area (Å²) in [5, 5.41) is 0. The maximum atomic E-state index is 6.70. The quantitative estimate of drug-likeness (QED) is 0.798. The highest BCUT2D eigenvalue weighted by Crippen LogP contribution is 2.44. The van der Waals surface area contributed by atoms with Gasteiger partial charge < -0.3 is 15.4 Å². The highest BCUT2D eigenvalue weighted by Gasteiger charge is 2.39. The van der Waals surface area contributed by atoms with Gasteiger partial charge in [0.05, 0.1) is 6.10 Å². The lowest BCUT2D eigenvalue weighted by atomic mass is 9.79. The van der Waals surface area contributed by atoms with Gasteiger partial charge in [-0.15, -0.1) is 0 Å². The van der Waals surface area contributed by atoms with Crippen molar-refractivity contribution in [2.24, 2.45) is 5.73 Å². The molecule has 1 fully saturated rings. The van der Waals surface area contributed by atoms with E-state index in [-0.39, 0.29) is 6.10 Å². The van der Waals surface area contributed by atoms with Crippen LogP contribution in [0.2, 0.25) is 0 Å². The van der Waals surface area contributed by atoms with Gasteiger partial charge in [0.2, 0.25) is 0 Å². The molecule has 2 aromatic rings. The van der Waals surface area contributed by atoms with E-state index < -0.39 is 0 Å². The van der Waals surface area contributed by atoms with E-state index in [1.807, 2.05) is 0 Å². The predicted molar refractivity (Wildman–Crippen MR) is 106 cm³/mol. The second-order valence-corrected chi connectivity index (χ2v) is 7.64. The van der Waals surface area contributed by atoms with E-state index in [9.17, 15) is 0 Å². The Balaban J connectivity index is 1.52. The average molecular weight is 351 g/mol. The molecule has 2 aliphatic rings. The lowest BCUT2D eigenvalue weighted by molar-refractivity contribution is -0.0590. The highest BCUT2D eigenvalue weighted by molar-refractivity contribution is 5.41. The van der Waals surface area contributed by atoms with E-state index >= 15 is 0 Å². The molecule has 3 atom stereocenters. The Labute approximate surface area is 157 Å². The van der Waals surface area contributed by atoms with Crippen LogP contribution < -0.4 is 5.73 Å². The highest BCUT2D eigenvalue weighted by atomic mass is 16.5. The van der Waals surface area contributed by atoms with Crippen LogP contribution in [0.15, 0.2) is 54.6 Å². The first-order valence-corrected chi connectivity index (χ1v) is 10.1. The molecule has 0 radical (unpaired) electrons. The number of hydrogen-bond acceptors (Lipinski definition) is 3. The van der Waals surface area contributed by atoms with Crippen molar-refractivity contribution in [2.45, 2.75) is 43.8 Å². The Bertz CT molecular complexity index is 702. The molecular weight excluding hydrogens is 320 g/mol. The smallest absolute Gasteiger partial charge is 0.108 e. The second kappa shape index (κ2) is 8.34. The largest absolute Gasteiger partial charge is 0.364 e. The fourth-order valence-corrected chi connectivity index (χ4v) is 4.56. The van der Waals surface area contributed by atoms with Crippen molar-refractivity contribution >= 4 is 0 Å². The number of ether oxygens (including phenoxy) is 1. The van der Waals surface area contributed by atoms with Gasteiger partial charge in [-0.3, -0.25) is 0 Å². The van der Waals surface area contributed by atoms with Gasteiger partial charge in [-0.05, 0) is 55.6 Å². The van der Waals surface area contributed by atoms with Crippen LogP contribution >= 0.6 is 0 Å². The van der Waals surface area contributed by atoms with Gasteiger partial charge in [0.1, 0.15) is 6.10 Å². The number of benzene rings is 2. The van der Waals surface area contributed by atoms with Crippen LogP contribution in [0, 0.1) is 0 Å². The van der Waals surface area contributed by atoms with Gasteiger partial charge in [0.15, 0.2) is 0 Å². The third-order valence-corrected chi connectivity index (χ3v) is 5.91. The minimum Gasteiger partial charge on any atom is -0.364 e. The van der Waals surface area contributed by atoms with Crippen molar-refractivity contribution in [1.29, 1.82) is 0 Å². The SMILES string of the molecule is NCCCCCN1CC[C@H]2c3ccccc3C(c3ccccc3)O[C@H]2C1. The molecule has 0 spiro atoms. The van der Waals surface area contributed by atoms with E-state index in [1.165, 1.54) is 49.0 Å². The second-order valence-electron chi connectivity index (χ2n) is 7.64. The summed E-state index contributed by atoms with van der Waals surface area (Å²) < 4.78 is 6.70. The summed E-state index contributed by atoms with van der Waals surface area (Å²) in [6, 6.07) is 19.6. The maximum absolute atomic E-state index is 6.70. The molecule has 2 heterocycles. The zero-order valence-corrected chi connectivity index (χ0v) is 15.5. The molecule has 0 aromatic heterocycles. The summed E-state index contributed by atoms with van der Waals surface area (Å²) in [7, 11) is 0. The maximum Gasteiger partial charge on any atom is 0.108 e. The lowest BCUT2D eigenvalue weighted by Crippen LogP contribution is -2.47. The van der Waals surface area contributed by atoms with Crippen molar-refractivity contribution < 1.29 is 4.74 Å². The standard InChI is InChI=1S/C23H30N2O/c24-14-7-2-8-15-25-16-13-20-19-11-5-6-12-21(19)23(26-22(20)17-25)18-9-3-1-4-10-18/h1,3-6,9-12,20,22-23H,2,7-8,13-17,24H2/t20-,22-,23?/m0/s1. The van der Waals surface area contributed by atoms with Crippen molar-refractivity contribution in [3.8, 4) is 0 Å². The summed E-state index contributed by atoms with van der Waals surface area (Å²) in [6.07, 6.45) is 5.16. The Kier molecular flexibility index (Phi) is 5.68. The first kappa shape index (κ1) is 17.7. The Hall–Kier alpha value is -1.68. The number of nitrogens with zero attached hydrogens (tertiary/aromatic N) is 1. The molecule has 138 valence electrons. The van der Waals surface area contributed by atoms with Gasteiger partial charge in [-0.1, -0.05) is 61.0 Å². The molecule has 0 bridgehead atoms. The number of piperidine rings is 1. The predicted octanol–water partition coefficient (Wildman–Crippen LogP) is 4.09. The monoisotopic (exact) mass is 350 g/mol. The van der Waals surface area contributed by atoms with E-state index in [4.69, 9.17) is 10.5 Å². The van der Waals surface area contributed by atoms with Gasteiger partial charge in [-0.25, -0.2) is 0 Å². The molecular formula is C23H30N2O. The number of unbranched alkanes of at least 4 members (excludes halogenated alkanes) is 2. The number of fused-ring (bicyclic) bond motifs is 3. The van der Waals surface area contributed by atoms with E-state index in [1.54, 1.807) is 0 Å².